The van der Waals surface area contributed by atoms with Crippen LogP contribution in [-0.4, -0.2) is 17.5 Å². The van der Waals surface area contributed by atoms with Crippen LogP contribution in [0, 0.1) is 17.0 Å². The van der Waals surface area contributed by atoms with Crippen molar-refractivity contribution in [3.8, 4) is 10.4 Å². The number of anilines is 1. The van der Waals surface area contributed by atoms with Gasteiger partial charge >= 0.3 is 5.97 Å². The van der Waals surface area contributed by atoms with E-state index in [0.29, 0.717) is 10.6 Å². The van der Waals surface area contributed by atoms with Crippen molar-refractivity contribution in [1.29, 1.82) is 0 Å². The SMILES string of the molecule is CCOC(=O)c1sc(-c2ccc([N+](=O)[O-])cc2)c(C)c1N. The zero-order valence-corrected chi connectivity index (χ0v) is 12.4. The lowest BCUT2D eigenvalue weighted by Gasteiger charge is -1.99. The van der Waals surface area contributed by atoms with Crippen LogP contribution in [0.25, 0.3) is 10.4 Å². The number of carbonyl (C=O) groups excluding carboxylic acids is 1. The number of thiophene rings is 1. The number of nitro benzene ring substituents is 1. The number of hydrogen-bond acceptors (Lipinski definition) is 6. The summed E-state index contributed by atoms with van der Waals surface area (Å²) in [6.45, 7) is 3.82. The average molecular weight is 306 g/mol. The summed E-state index contributed by atoms with van der Waals surface area (Å²) >= 11 is 1.23. The van der Waals surface area contributed by atoms with Crippen LogP contribution in [0.3, 0.4) is 0 Å². The van der Waals surface area contributed by atoms with Crippen LogP contribution in [0.2, 0.25) is 0 Å². The first kappa shape index (κ1) is 15.0. The first-order chi connectivity index (χ1) is 9.95. The molecule has 0 aliphatic carbocycles. The van der Waals surface area contributed by atoms with Gasteiger partial charge in [0.1, 0.15) is 4.88 Å². The standard InChI is InChI=1S/C14H14N2O4S/c1-3-20-14(17)13-11(15)8(2)12(21-13)9-4-6-10(7-5-9)16(18)19/h4-7H,3,15H2,1-2H3. The van der Waals surface area contributed by atoms with E-state index < -0.39 is 10.9 Å². The van der Waals surface area contributed by atoms with Crippen molar-refractivity contribution >= 4 is 28.7 Å². The molecule has 2 N–H and O–H groups in total. The molecule has 0 spiro atoms. The molecular formula is C14H14N2O4S. The minimum atomic E-state index is -0.455. The minimum Gasteiger partial charge on any atom is -0.462 e. The maximum absolute atomic E-state index is 11.8. The van der Waals surface area contributed by atoms with Gasteiger partial charge in [-0.2, -0.15) is 0 Å². The van der Waals surface area contributed by atoms with E-state index in [4.69, 9.17) is 10.5 Å². The number of hydrogen-bond donors (Lipinski definition) is 1. The van der Waals surface area contributed by atoms with Crippen LogP contribution in [0.5, 0.6) is 0 Å². The first-order valence-corrected chi connectivity index (χ1v) is 7.08. The maximum atomic E-state index is 11.8. The molecule has 0 saturated heterocycles. The Bertz CT molecular complexity index is 692. The highest BCUT2D eigenvalue weighted by Crippen LogP contribution is 2.38. The van der Waals surface area contributed by atoms with Crippen molar-refractivity contribution in [1.82, 2.24) is 0 Å². The molecular weight excluding hydrogens is 292 g/mol. The maximum Gasteiger partial charge on any atom is 0.350 e. The molecule has 0 aliphatic heterocycles. The van der Waals surface area contributed by atoms with Gasteiger partial charge in [0.2, 0.25) is 0 Å². The second-order valence-electron chi connectivity index (χ2n) is 4.32. The molecule has 2 rings (SSSR count). The fraction of sp³-hybridized carbons (Fsp3) is 0.214. The highest BCUT2D eigenvalue weighted by molar-refractivity contribution is 7.18. The summed E-state index contributed by atoms with van der Waals surface area (Å²) in [5.41, 5.74) is 7.92. The number of rotatable bonds is 4. The Morgan fingerprint density at radius 1 is 1.38 bits per heavy atom. The van der Waals surface area contributed by atoms with E-state index >= 15 is 0 Å². The highest BCUT2D eigenvalue weighted by atomic mass is 32.1. The Kier molecular flexibility index (Phi) is 4.23. The van der Waals surface area contributed by atoms with E-state index in [0.717, 1.165) is 16.0 Å². The molecule has 110 valence electrons. The Morgan fingerprint density at radius 2 is 2.00 bits per heavy atom. The topological polar surface area (TPSA) is 95.5 Å². The van der Waals surface area contributed by atoms with Crippen molar-refractivity contribution in [3.63, 3.8) is 0 Å². The zero-order valence-electron chi connectivity index (χ0n) is 11.6. The predicted molar refractivity (Wildman–Crippen MR) is 81.5 cm³/mol. The van der Waals surface area contributed by atoms with Gasteiger partial charge in [-0.25, -0.2) is 4.79 Å². The number of ether oxygens (including phenoxy) is 1. The summed E-state index contributed by atoms with van der Waals surface area (Å²) in [6, 6.07) is 6.14. The third kappa shape index (κ3) is 2.87. The largest absolute Gasteiger partial charge is 0.462 e. The van der Waals surface area contributed by atoms with Crippen LogP contribution >= 0.6 is 11.3 Å². The van der Waals surface area contributed by atoms with E-state index in [1.165, 1.54) is 23.5 Å². The first-order valence-electron chi connectivity index (χ1n) is 6.26. The molecule has 2 aromatic rings. The van der Waals surface area contributed by atoms with Gasteiger partial charge in [0, 0.05) is 17.0 Å². The van der Waals surface area contributed by atoms with E-state index in [9.17, 15) is 14.9 Å². The monoisotopic (exact) mass is 306 g/mol. The lowest BCUT2D eigenvalue weighted by molar-refractivity contribution is -0.384. The molecule has 21 heavy (non-hydrogen) atoms. The average Bonchev–Trinajstić information content (AvgIpc) is 2.76. The zero-order chi connectivity index (χ0) is 15.6. The molecule has 6 nitrogen and oxygen atoms in total. The molecule has 0 amide bonds. The molecule has 7 heteroatoms. The number of esters is 1. The molecule has 0 aliphatic rings. The van der Waals surface area contributed by atoms with Gasteiger partial charge in [0.05, 0.1) is 17.2 Å². The van der Waals surface area contributed by atoms with Crippen LogP contribution in [0.15, 0.2) is 24.3 Å². The number of carbonyl (C=O) groups is 1. The molecule has 1 heterocycles. The minimum absolute atomic E-state index is 0.0200. The predicted octanol–water partition coefficient (Wildman–Crippen LogP) is 3.39. The Morgan fingerprint density at radius 3 is 2.52 bits per heavy atom. The lowest BCUT2D eigenvalue weighted by atomic mass is 10.1. The van der Waals surface area contributed by atoms with Crippen molar-refractivity contribution in [2.45, 2.75) is 13.8 Å². The molecule has 0 saturated carbocycles. The van der Waals surface area contributed by atoms with Crippen LogP contribution in [0.1, 0.15) is 22.2 Å². The van der Waals surface area contributed by atoms with Crippen molar-refractivity contribution in [3.05, 3.63) is 44.8 Å². The molecule has 0 fully saturated rings. The molecule has 1 aromatic heterocycles. The Balaban J connectivity index is 2.42. The fourth-order valence-corrected chi connectivity index (χ4v) is 3.01. The summed E-state index contributed by atoms with van der Waals surface area (Å²) in [4.78, 5) is 23.2. The summed E-state index contributed by atoms with van der Waals surface area (Å²) < 4.78 is 4.97. The third-order valence-electron chi connectivity index (χ3n) is 2.99. The van der Waals surface area contributed by atoms with Crippen LogP contribution in [0.4, 0.5) is 11.4 Å². The summed E-state index contributed by atoms with van der Waals surface area (Å²) in [6.07, 6.45) is 0. The number of nitro groups is 1. The van der Waals surface area contributed by atoms with Gasteiger partial charge in [0.15, 0.2) is 0 Å². The van der Waals surface area contributed by atoms with E-state index in [-0.39, 0.29) is 12.3 Å². The number of non-ortho nitro benzene ring substituents is 1. The van der Waals surface area contributed by atoms with Gasteiger partial charge in [0.25, 0.3) is 5.69 Å². The third-order valence-corrected chi connectivity index (χ3v) is 4.33. The van der Waals surface area contributed by atoms with Crippen molar-refractivity contribution in [2.24, 2.45) is 0 Å². The second-order valence-corrected chi connectivity index (χ2v) is 5.34. The van der Waals surface area contributed by atoms with Gasteiger partial charge in [-0.15, -0.1) is 11.3 Å². The normalized spacial score (nSPS) is 10.4. The van der Waals surface area contributed by atoms with Gasteiger partial charge in [-0.3, -0.25) is 10.1 Å². The molecule has 0 radical (unpaired) electrons. The fourth-order valence-electron chi connectivity index (χ4n) is 1.88. The van der Waals surface area contributed by atoms with E-state index in [1.54, 1.807) is 19.1 Å². The molecule has 0 atom stereocenters. The number of nitrogens with zero attached hydrogens (tertiary/aromatic N) is 1. The smallest absolute Gasteiger partial charge is 0.350 e. The summed E-state index contributed by atoms with van der Waals surface area (Å²) in [5.74, 6) is -0.448. The Labute approximate surface area is 125 Å². The number of nitrogen functional groups attached to an aromatic ring is 1. The van der Waals surface area contributed by atoms with Gasteiger partial charge in [-0.05, 0) is 37.1 Å². The molecule has 0 bridgehead atoms. The van der Waals surface area contributed by atoms with Crippen LogP contribution < -0.4 is 5.73 Å². The van der Waals surface area contributed by atoms with Crippen LogP contribution in [-0.2, 0) is 4.74 Å². The summed E-state index contributed by atoms with van der Waals surface area (Å²) in [7, 11) is 0. The summed E-state index contributed by atoms with van der Waals surface area (Å²) in [5, 5.41) is 10.7. The second kappa shape index (κ2) is 5.92. The van der Waals surface area contributed by atoms with Crippen molar-refractivity contribution in [2.75, 3.05) is 12.3 Å². The molecule has 0 unspecified atom stereocenters. The quantitative estimate of drug-likeness (QED) is 0.530. The van der Waals surface area contributed by atoms with Gasteiger partial charge < -0.3 is 10.5 Å². The number of benzene rings is 1. The Hall–Kier alpha value is -2.41. The van der Waals surface area contributed by atoms with E-state index in [1.807, 2.05) is 6.92 Å². The number of nitrogens with two attached hydrogens (primary N) is 1. The lowest BCUT2D eigenvalue weighted by Crippen LogP contribution is -2.05. The molecule has 1 aromatic carbocycles. The van der Waals surface area contributed by atoms with Crippen molar-refractivity contribution < 1.29 is 14.5 Å². The highest BCUT2D eigenvalue weighted by Gasteiger charge is 2.20. The van der Waals surface area contributed by atoms with E-state index in [2.05, 4.69) is 0 Å². The van der Waals surface area contributed by atoms with Gasteiger partial charge in [-0.1, -0.05) is 0 Å².